The molecule has 0 spiro atoms. The highest BCUT2D eigenvalue weighted by molar-refractivity contribution is 9.10. The molecule has 19 heavy (non-hydrogen) atoms. The van der Waals surface area contributed by atoms with Gasteiger partial charge in [-0.3, -0.25) is 4.79 Å². The molecular weight excluding hydrogens is 322 g/mol. The zero-order chi connectivity index (χ0) is 13.7. The molecule has 0 atom stereocenters. The Morgan fingerprint density at radius 1 is 1.32 bits per heavy atom. The Bertz CT molecular complexity index is 539. The molecule has 0 radical (unpaired) electrons. The number of rotatable bonds is 5. The minimum Gasteiger partial charge on any atom is -0.341 e. The van der Waals surface area contributed by atoms with Gasteiger partial charge in [-0.05, 0) is 40.4 Å². The van der Waals surface area contributed by atoms with Gasteiger partial charge in [-0.2, -0.15) is 11.3 Å². The quantitative estimate of drug-likeness (QED) is 0.804. The Hall–Kier alpha value is -1.13. The van der Waals surface area contributed by atoms with Crippen LogP contribution in [0, 0.1) is 0 Å². The van der Waals surface area contributed by atoms with Gasteiger partial charge in [-0.25, -0.2) is 0 Å². The van der Waals surface area contributed by atoms with Gasteiger partial charge in [0.1, 0.15) is 0 Å². The molecule has 0 N–H and O–H groups in total. The first-order valence-electron chi connectivity index (χ1n) is 6.15. The Morgan fingerprint density at radius 3 is 2.79 bits per heavy atom. The predicted molar refractivity (Wildman–Crippen MR) is 83.3 cm³/mol. The summed E-state index contributed by atoms with van der Waals surface area (Å²) in [7, 11) is 1.86. The van der Waals surface area contributed by atoms with Crippen molar-refractivity contribution >= 4 is 33.2 Å². The Labute approximate surface area is 126 Å². The van der Waals surface area contributed by atoms with Crippen LogP contribution >= 0.6 is 27.3 Å². The molecule has 0 aliphatic carbocycles. The molecule has 1 aromatic carbocycles. The molecule has 0 bridgehead atoms. The molecule has 4 heteroatoms. The van der Waals surface area contributed by atoms with Crippen molar-refractivity contribution in [2.75, 3.05) is 7.05 Å². The molecule has 0 unspecified atom stereocenters. The second-order valence-electron chi connectivity index (χ2n) is 4.47. The lowest BCUT2D eigenvalue weighted by atomic mass is 10.1. The number of nitrogens with zero attached hydrogens (tertiary/aromatic N) is 1. The highest BCUT2D eigenvalue weighted by Gasteiger charge is 2.10. The van der Waals surface area contributed by atoms with E-state index in [0.717, 1.165) is 16.5 Å². The minimum atomic E-state index is 0.182. The second-order valence-corrected chi connectivity index (χ2v) is 6.11. The monoisotopic (exact) mass is 337 g/mol. The fourth-order valence-electron chi connectivity index (χ4n) is 1.85. The fourth-order valence-corrected chi connectivity index (χ4v) is 2.96. The number of carbonyl (C=O) groups is 1. The number of benzene rings is 1. The molecule has 1 aromatic heterocycles. The molecule has 0 fully saturated rings. The topological polar surface area (TPSA) is 20.3 Å². The molecule has 2 nitrogen and oxygen atoms in total. The van der Waals surface area contributed by atoms with Crippen LogP contribution in [0.4, 0.5) is 0 Å². The number of hydrogen-bond donors (Lipinski definition) is 0. The van der Waals surface area contributed by atoms with Gasteiger partial charge in [0.15, 0.2) is 0 Å². The number of carbonyl (C=O) groups excluding carboxylic acids is 1. The molecule has 2 rings (SSSR count). The van der Waals surface area contributed by atoms with E-state index < -0.39 is 0 Å². The number of thiophene rings is 1. The first-order valence-corrected chi connectivity index (χ1v) is 7.89. The fraction of sp³-hybridized carbons (Fsp3) is 0.267. The summed E-state index contributed by atoms with van der Waals surface area (Å²) >= 11 is 5.18. The number of aryl methyl sites for hydroxylation is 1. The van der Waals surface area contributed by atoms with Crippen molar-refractivity contribution in [1.29, 1.82) is 0 Å². The van der Waals surface area contributed by atoms with Crippen LogP contribution in [0.25, 0.3) is 0 Å². The summed E-state index contributed by atoms with van der Waals surface area (Å²) in [6.07, 6.45) is 1.39. The van der Waals surface area contributed by atoms with Gasteiger partial charge >= 0.3 is 0 Å². The van der Waals surface area contributed by atoms with E-state index in [9.17, 15) is 4.79 Å². The minimum absolute atomic E-state index is 0.182. The Morgan fingerprint density at radius 2 is 2.11 bits per heavy atom. The lowest BCUT2D eigenvalue weighted by molar-refractivity contribution is -0.130. The number of hydrogen-bond acceptors (Lipinski definition) is 2. The van der Waals surface area contributed by atoms with Crippen molar-refractivity contribution in [1.82, 2.24) is 4.90 Å². The molecule has 2 aromatic rings. The van der Waals surface area contributed by atoms with Gasteiger partial charge < -0.3 is 4.90 Å². The predicted octanol–water partition coefficient (Wildman–Crippen LogP) is 4.10. The van der Waals surface area contributed by atoms with Gasteiger partial charge in [0.2, 0.25) is 5.91 Å². The van der Waals surface area contributed by atoms with Crippen LogP contribution in [0.5, 0.6) is 0 Å². The van der Waals surface area contributed by atoms with Crippen LogP contribution < -0.4 is 0 Å². The van der Waals surface area contributed by atoms with Gasteiger partial charge in [-0.15, -0.1) is 0 Å². The number of amides is 1. The molecule has 0 aliphatic rings. The summed E-state index contributed by atoms with van der Waals surface area (Å²) in [5, 5.41) is 4.14. The highest BCUT2D eigenvalue weighted by atomic mass is 79.9. The average Bonchev–Trinajstić information content (AvgIpc) is 2.91. The summed E-state index contributed by atoms with van der Waals surface area (Å²) in [6.45, 7) is 0.643. The molecule has 100 valence electrons. The first-order chi connectivity index (χ1) is 9.16. The van der Waals surface area contributed by atoms with Crippen molar-refractivity contribution in [2.24, 2.45) is 0 Å². The molecular formula is C15H16BrNOS. The third-order valence-electron chi connectivity index (χ3n) is 3.00. The van der Waals surface area contributed by atoms with Gasteiger partial charge in [0.05, 0.1) is 0 Å². The van der Waals surface area contributed by atoms with E-state index in [2.05, 4.69) is 27.4 Å². The largest absolute Gasteiger partial charge is 0.341 e. The molecule has 1 amide bonds. The van der Waals surface area contributed by atoms with Crippen LogP contribution in [-0.4, -0.2) is 17.9 Å². The zero-order valence-corrected chi connectivity index (χ0v) is 13.2. The lowest BCUT2D eigenvalue weighted by Gasteiger charge is -2.18. The third-order valence-corrected chi connectivity index (χ3v) is 4.50. The molecule has 0 saturated heterocycles. The van der Waals surface area contributed by atoms with E-state index >= 15 is 0 Å². The maximum atomic E-state index is 12.1. The summed E-state index contributed by atoms with van der Waals surface area (Å²) < 4.78 is 1.05. The van der Waals surface area contributed by atoms with Crippen molar-refractivity contribution in [3.05, 3.63) is 56.7 Å². The van der Waals surface area contributed by atoms with Crippen LogP contribution in [0.1, 0.15) is 17.5 Å². The SMILES string of the molecule is CN(Cc1ccccc1Br)C(=O)CCc1ccsc1. The first kappa shape index (κ1) is 14.3. The average molecular weight is 338 g/mol. The second kappa shape index (κ2) is 6.87. The Kier molecular flexibility index (Phi) is 5.16. The van der Waals surface area contributed by atoms with Gasteiger partial charge in [0, 0.05) is 24.5 Å². The normalized spacial score (nSPS) is 10.4. The van der Waals surface area contributed by atoms with E-state index in [1.54, 1.807) is 16.2 Å². The summed E-state index contributed by atoms with van der Waals surface area (Å²) in [5.74, 6) is 0.182. The zero-order valence-electron chi connectivity index (χ0n) is 10.8. The van der Waals surface area contributed by atoms with E-state index in [4.69, 9.17) is 0 Å². The third kappa shape index (κ3) is 4.18. The van der Waals surface area contributed by atoms with Crippen molar-refractivity contribution in [3.8, 4) is 0 Å². The molecule has 1 heterocycles. The summed E-state index contributed by atoms with van der Waals surface area (Å²) in [4.78, 5) is 13.9. The summed E-state index contributed by atoms with van der Waals surface area (Å²) in [5.41, 5.74) is 2.38. The van der Waals surface area contributed by atoms with Crippen LogP contribution in [0.2, 0.25) is 0 Å². The maximum Gasteiger partial charge on any atom is 0.222 e. The van der Waals surface area contributed by atoms with Crippen LogP contribution in [-0.2, 0) is 17.8 Å². The maximum absolute atomic E-state index is 12.1. The van der Waals surface area contributed by atoms with Gasteiger partial charge in [-0.1, -0.05) is 34.1 Å². The van der Waals surface area contributed by atoms with Crippen LogP contribution in [0.15, 0.2) is 45.6 Å². The Balaban J connectivity index is 1.87. The number of halogens is 1. The van der Waals surface area contributed by atoms with Crippen LogP contribution in [0.3, 0.4) is 0 Å². The smallest absolute Gasteiger partial charge is 0.222 e. The standard InChI is InChI=1S/C15H16BrNOS/c1-17(10-13-4-2-3-5-14(13)16)15(18)7-6-12-8-9-19-11-12/h2-5,8-9,11H,6-7,10H2,1H3. The van der Waals surface area contributed by atoms with Crippen molar-refractivity contribution < 1.29 is 4.79 Å². The van der Waals surface area contributed by atoms with E-state index in [0.29, 0.717) is 13.0 Å². The van der Waals surface area contributed by atoms with E-state index in [1.807, 2.05) is 36.7 Å². The lowest BCUT2D eigenvalue weighted by Crippen LogP contribution is -2.26. The van der Waals surface area contributed by atoms with Gasteiger partial charge in [0.25, 0.3) is 0 Å². The van der Waals surface area contributed by atoms with Crippen molar-refractivity contribution in [3.63, 3.8) is 0 Å². The summed E-state index contributed by atoms with van der Waals surface area (Å²) in [6, 6.07) is 10.1. The van der Waals surface area contributed by atoms with Crippen molar-refractivity contribution in [2.45, 2.75) is 19.4 Å². The van der Waals surface area contributed by atoms with E-state index in [-0.39, 0.29) is 5.91 Å². The molecule has 0 saturated carbocycles. The molecule has 0 aliphatic heterocycles. The van der Waals surface area contributed by atoms with E-state index in [1.165, 1.54) is 5.56 Å². The highest BCUT2D eigenvalue weighted by Crippen LogP contribution is 2.18.